The molecule has 1 heterocycles. The molecule has 0 radical (unpaired) electrons. The highest BCUT2D eigenvalue weighted by Crippen LogP contribution is 2.19. The fraction of sp³-hybridized carbons (Fsp3) is 0.357. The molecule has 2 aromatic rings. The molecule has 0 aliphatic heterocycles. The largest absolute Gasteiger partial charge is 0.484 e. The van der Waals surface area contributed by atoms with E-state index in [0.29, 0.717) is 13.2 Å². The highest BCUT2D eigenvalue weighted by molar-refractivity contribution is 7.07. The maximum atomic E-state index is 13.9. The van der Waals surface area contributed by atoms with Crippen LogP contribution < -0.4 is 10.1 Å². The zero-order chi connectivity index (χ0) is 14.2. The lowest BCUT2D eigenvalue weighted by Crippen LogP contribution is -2.18. The van der Waals surface area contributed by atoms with Crippen molar-refractivity contribution in [1.29, 1.82) is 0 Å². The molecular weight excluding hydrogens is 279 g/mol. The summed E-state index contributed by atoms with van der Waals surface area (Å²) in [5, 5.41) is 5.04. The average Bonchev–Trinajstić information content (AvgIpc) is 2.96. The minimum Gasteiger partial charge on any atom is -0.484 e. The third-order valence-electron chi connectivity index (χ3n) is 2.67. The van der Waals surface area contributed by atoms with Crippen LogP contribution in [0.1, 0.15) is 11.3 Å². The van der Waals surface area contributed by atoms with Crippen molar-refractivity contribution in [2.75, 3.05) is 20.3 Å². The lowest BCUT2D eigenvalue weighted by Gasteiger charge is -2.08. The number of methoxy groups -OCH3 is 1. The highest BCUT2D eigenvalue weighted by Gasteiger charge is 2.06. The van der Waals surface area contributed by atoms with Crippen LogP contribution in [0.4, 0.5) is 4.39 Å². The molecule has 6 heteroatoms. The molecule has 0 amide bonds. The van der Waals surface area contributed by atoms with Gasteiger partial charge in [-0.05, 0) is 17.7 Å². The van der Waals surface area contributed by atoms with E-state index in [1.165, 1.54) is 17.4 Å². The average molecular weight is 296 g/mol. The van der Waals surface area contributed by atoms with Crippen LogP contribution in [0.2, 0.25) is 0 Å². The summed E-state index contributed by atoms with van der Waals surface area (Å²) in [6, 6.07) is 4.98. The molecule has 1 N–H and O–H groups in total. The van der Waals surface area contributed by atoms with Gasteiger partial charge in [0.1, 0.15) is 6.61 Å². The lowest BCUT2D eigenvalue weighted by atomic mass is 10.2. The fourth-order valence-electron chi connectivity index (χ4n) is 1.64. The Labute approximate surface area is 121 Å². The molecule has 4 nitrogen and oxygen atoms in total. The SMILES string of the molecule is COCCNCc1ccc(OCc2cscn2)c(F)c1. The Kier molecular flexibility index (Phi) is 5.91. The minimum absolute atomic E-state index is 0.249. The van der Waals surface area contributed by atoms with E-state index in [0.717, 1.165) is 17.8 Å². The number of thiazole rings is 1. The molecule has 0 bridgehead atoms. The number of halogens is 1. The first kappa shape index (κ1) is 14.9. The third kappa shape index (κ3) is 4.56. The van der Waals surface area contributed by atoms with Crippen molar-refractivity contribution in [2.24, 2.45) is 0 Å². The second kappa shape index (κ2) is 7.94. The minimum atomic E-state index is -0.355. The summed E-state index contributed by atoms with van der Waals surface area (Å²) in [4.78, 5) is 4.09. The van der Waals surface area contributed by atoms with Gasteiger partial charge in [-0.25, -0.2) is 9.37 Å². The van der Waals surface area contributed by atoms with Crippen LogP contribution in [-0.4, -0.2) is 25.2 Å². The van der Waals surface area contributed by atoms with Crippen molar-refractivity contribution < 1.29 is 13.9 Å². The van der Waals surface area contributed by atoms with Crippen molar-refractivity contribution in [3.63, 3.8) is 0 Å². The molecule has 0 aliphatic rings. The molecule has 0 aliphatic carbocycles. The van der Waals surface area contributed by atoms with Crippen LogP contribution in [0, 0.1) is 5.82 Å². The van der Waals surface area contributed by atoms with Crippen LogP contribution in [0.3, 0.4) is 0 Å². The van der Waals surface area contributed by atoms with Crippen LogP contribution in [0.5, 0.6) is 5.75 Å². The topological polar surface area (TPSA) is 43.4 Å². The maximum absolute atomic E-state index is 13.9. The van der Waals surface area contributed by atoms with Crippen LogP contribution >= 0.6 is 11.3 Å². The van der Waals surface area contributed by atoms with Gasteiger partial charge in [-0.3, -0.25) is 0 Å². The summed E-state index contributed by atoms with van der Waals surface area (Å²) < 4.78 is 24.2. The first-order valence-corrected chi connectivity index (χ1v) is 7.22. The summed E-state index contributed by atoms with van der Waals surface area (Å²) in [6.07, 6.45) is 0. The second-order valence-electron chi connectivity index (χ2n) is 4.20. The number of aromatic nitrogens is 1. The Morgan fingerprint density at radius 3 is 3.00 bits per heavy atom. The van der Waals surface area contributed by atoms with Crippen molar-refractivity contribution >= 4 is 11.3 Å². The van der Waals surface area contributed by atoms with E-state index in [9.17, 15) is 4.39 Å². The molecular formula is C14H17FN2O2S. The first-order chi connectivity index (χ1) is 9.79. The maximum Gasteiger partial charge on any atom is 0.165 e. The van der Waals surface area contributed by atoms with E-state index in [1.54, 1.807) is 18.7 Å². The Bertz CT molecular complexity index is 520. The summed E-state index contributed by atoms with van der Waals surface area (Å²) in [5.41, 5.74) is 3.41. The Morgan fingerprint density at radius 1 is 1.40 bits per heavy atom. The summed E-state index contributed by atoms with van der Waals surface area (Å²) in [6.45, 7) is 2.26. The van der Waals surface area contributed by atoms with Crippen molar-refractivity contribution in [3.8, 4) is 5.75 Å². The summed E-state index contributed by atoms with van der Waals surface area (Å²) in [7, 11) is 1.65. The molecule has 0 saturated carbocycles. The molecule has 1 aromatic carbocycles. The quantitative estimate of drug-likeness (QED) is 0.760. The van der Waals surface area contributed by atoms with Gasteiger partial charge in [0.05, 0.1) is 17.8 Å². The highest BCUT2D eigenvalue weighted by atomic mass is 32.1. The number of ether oxygens (including phenoxy) is 2. The number of nitrogens with zero attached hydrogens (tertiary/aromatic N) is 1. The number of benzene rings is 1. The summed E-state index contributed by atoms with van der Waals surface area (Å²) >= 11 is 1.49. The number of hydrogen-bond donors (Lipinski definition) is 1. The van der Waals surface area contributed by atoms with Gasteiger partial charge in [0.15, 0.2) is 11.6 Å². The van der Waals surface area contributed by atoms with E-state index >= 15 is 0 Å². The lowest BCUT2D eigenvalue weighted by molar-refractivity contribution is 0.199. The predicted octanol–water partition coefficient (Wildman–Crippen LogP) is 2.60. The standard InChI is InChI=1S/C14H17FN2O2S/c1-18-5-4-16-7-11-2-3-14(13(15)6-11)19-8-12-9-20-10-17-12/h2-3,6,9-10,16H,4-5,7-8H2,1H3. The van der Waals surface area contributed by atoms with E-state index in [2.05, 4.69) is 10.3 Å². The van der Waals surface area contributed by atoms with Gasteiger partial charge in [0, 0.05) is 25.6 Å². The second-order valence-corrected chi connectivity index (χ2v) is 4.92. The van der Waals surface area contributed by atoms with E-state index < -0.39 is 0 Å². The van der Waals surface area contributed by atoms with Gasteiger partial charge in [0.2, 0.25) is 0 Å². The van der Waals surface area contributed by atoms with Crippen molar-refractivity contribution in [2.45, 2.75) is 13.2 Å². The monoisotopic (exact) mass is 296 g/mol. The fourth-order valence-corrected chi connectivity index (χ4v) is 2.18. The molecule has 2 rings (SSSR count). The number of rotatable bonds is 8. The zero-order valence-corrected chi connectivity index (χ0v) is 12.1. The van der Waals surface area contributed by atoms with E-state index in [4.69, 9.17) is 9.47 Å². The van der Waals surface area contributed by atoms with E-state index in [1.807, 2.05) is 11.4 Å². The van der Waals surface area contributed by atoms with Crippen LogP contribution in [-0.2, 0) is 17.9 Å². The van der Waals surface area contributed by atoms with Gasteiger partial charge in [-0.1, -0.05) is 6.07 Å². The van der Waals surface area contributed by atoms with Crippen molar-refractivity contribution in [1.82, 2.24) is 10.3 Å². The Morgan fingerprint density at radius 2 is 2.30 bits per heavy atom. The van der Waals surface area contributed by atoms with E-state index in [-0.39, 0.29) is 18.2 Å². The normalized spacial score (nSPS) is 10.7. The van der Waals surface area contributed by atoms with Gasteiger partial charge >= 0.3 is 0 Å². The van der Waals surface area contributed by atoms with Crippen LogP contribution in [0.15, 0.2) is 29.1 Å². The molecule has 20 heavy (non-hydrogen) atoms. The molecule has 108 valence electrons. The Balaban J connectivity index is 1.85. The first-order valence-electron chi connectivity index (χ1n) is 6.27. The molecule has 1 aromatic heterocycles. The van der Waals surface area contributed by atoms with Gasteiger partial charge in [-0.15, -0.1) is 11.3 Å². The molecule has 0 saturated heterocycles. The Hall–Kier alpha value is -1.50. The third-order valence-corrected chi connectivity index (χ3v) is 3.30. The number of nitrogens with one attached hydrogen (secondary N) is 1. The molecule has 0 fully saturated rings. The van der Waals surface area contributed by atoms with Gasteiger partial charge in [0.25, 0.3) is 0 Å². The smallest absolute Gasteiger partial charge is 0.165 e. The molecule has 0 spiro atoms. The van der Waals surface area contributed by atoms with Crippen LogP contribution in [0.25, 0.3) is 0 Å². The van der Waals surface area contributed by atoms with Gasteiger partial charge in [-0.2, -0.15) is 0 Å². The van der Waals surface area contributed by atoms with Crippen molar-refractivity contribution in [3.05, 3.63) is 46.2 Å². The summed E-state index contributed by atoms with van der Waals surface area (Å²) in [5.74, 6) is -0.107. The van der Waals surface area contributed by atoms with Gasteiger partial charge < -0.3 is 14.8 Å². The molecule has 0 unspecified atom stereocenters. The zero-order valence-electron chi connectivity index (χ0n) is 11.3. The number of hydrogen-bond acceptors (Lipinski definition) is 5. The molecule has 0 atom stereocenters. The predicted molar refractivity (Wildman–Crippen MR) is 76.4 cm³/mol.